The fourth-order valence-electron chi connectivity index (χ4n) is 12.1. The predicted octanol–water partition coefficient (Wildman–Crippen LogP) is 6.76. The van der Waals surface area contributed by atoms with E-state index < -0.39 is 28.5 Å². The molecule has 9 heteroatoms. The predicted molar refractivity (Wildman–Crippen MR) is 198 cm³/mol. The van der Waals surface area contributed by atoms with Gasteiger partial charge in [0.25, 0.3) is 0 Å². The van der Waals surface area contributed by atoms with E-state index in [0.717, 1.165) is 69.2 Å². The Balaban J connectivity index is 1.06. The van der Waals surface area contributed by atoms with Crippen LogP contribution in [0.25, 0.3) is 0 Å². The third kappa shape index (κ3) is 6.43. The van der Waals surface area contributed by atoms with Gasteiger partial charge in [0, 0.05) is 43.1 Å². The number of carbonyl (C=O) groups is 4. The minimum Gasteiger partial charge on any atom is -0.458 e. The molecule has 9 nitrogen and oxygen atoms in total. The summed E-state index contributed by atoms with van der Waals surface area (Å²) >= 11 is 0. The normalized spacial score (nSPS) is 38.0. The molecule has 2 N–H and O–H groups in total. The molecule has 7 rings (SSSR count). The molecule has 282 valence electrons. The number of benzene rings is 1. The van der Waals surface area contributed by atoms with E-state index in [2.05, 4.69) is 48.3 Å². The number of aliphatic hydroxyl groups excluding tert-OH is 1. The molecular formula is C43H58N2O7. The van der Waals surface area contributed by atoms with Gasteiger partial charge < -0.3 is 24.8 Å². The van der Waals surface area contributed by atoms with E-state index >= 15 is 0 Å². The molecule has 5 aliphatic carbocycles. The molecule has 0 spiro atoms. The van der Waals surface area contributed by atoms with Crippen molar-refractivity contribution >= 4 is 29.3 Å². The molecule has 0 aromatic heterocycles. The van der Waals surface area contributed by atoms with Crippen molar-refractivity contribution in [2.45, 2.75) is 117 Å². The van der Waals surface area contributed by atoms with Crippen LogP contribution in [0.1, 0.15) is 98.5 Å². The van der Waals surface area contributed by atoms with Crippen LogP contribution in [0.5, 0.6) is 0 Å². The first-order chi connectivity index (χ1) is 24.5. The van der Waals surface area contributed by atoms with Crippen LogP contribution in [0.3, 0.4) is 0 Å². The molecule has 1 aliphatic heterocycles. The number of hydrogen-bond donors (Lipinski definition) is 2. The molecule has 1 aromatic rings. The highest BCUT2D eigenvalue weighted by atomic mass is 16.6. The first kappa shape index (κ1) is 36.9. The van der Waals surface area contributed by atoms with E-state index in [9.17, 15) is 24.3 Å². The van der Waals surface area contributed by atoms with Gasteiger partial charge in [-0.25, -0.2) is 4.79 Å². The minimum atomic E-state index is -0.751. The Morgan fingerprint density at radius 3 is 2.42 bits per heavy atom. The van der Waals surface area contributed by atoms with Gasteiger partial charge in [-0.2, -0.15) is 0 Å². The van der Waals surface area contributed by atoms with Gasteiger partial charge in [0.1, 0.15) is 5.60 Å². The number of alkyl carbamates (subject to hydrolysis) is 1. The number of carbonyl (C=O) groups excluding carboxylic acids is 4. The summed E-state index contributed by atoms with van der Waals surface area (Å²) in [5.41, 5.74) is 1.42. The third-order valence-corrected chi connectivity index (χ3v) is 14.3. The average molecular weight is 715 g/mol. The first-order valence-electron chi connectivity index (χ1n) is 19.6. The number of ketones is 2. The maximum Gasteiger partial charge on any atom is 0.407 e. The second kappa shape index (κ2) is 13.4. The molecule has 0 bridgehead atoms. The Morgan fingerprint density at radius 2 is 1.75 bits per heavy atom. The highest BCUT2D eigenvalue weighted by Crippen LogP contribution is 2.72. The fraction of sp³-hybridized carbons (Fsp3) is 0.674. The number of amides is 1. The van der Waals surface area contributed by atoms with Crippen molar-refractivity contribution in [3.05, 3.63) is 53.6 Å². The number of nitrogens with zero attached hydrogens (tertiary/aromatic N) is 1. The van der Waals surface area contributed by atoms with Gasteiger partial charge in [-0.05, 0) is 137 Å². The van der Waals surface area contributed by atoms with Gasteiger partial charge in [-0.15, -0.1) is 0 Å². The van der Waals surface area contributed by atoms with E-state index in [1.807, 2.05) is 26.8 Å². The maximum absolute atomic E-state index is 14.5. The van der Waals surface area contributed by atoms with Crippen LogP contribution in [0.4, 0.5) is 10.5 Å². The van der Waals surface area contributed by atoms with Gasteiger partial charge in [-0.1, -0.05) is 37.6 Å². The van der Waals surface area contributed by atoms with Crippen molar-refractivity contribution in [1.82, 2.24) is 5.32 Å². The SMILES string of the molecule is CC(=O)OCC(=O)[C@@]12CN(c3ccc(CC4CCC(NC(=O)OC(C)(C)C)CC4)cc3)C[C@@H]1C[C@H]1[C@@H]3CCC4=CC(=O)C=C[C@]4(C)[C@H]3[C@@H](O)C[C@@]12C. The molecule has 8 atom stereocenters. The fourth-order valence-corrected chi connectivity index (χ4v) is 12.1. The van der Waals surface area contributed by atoms with E-state index in [-0.39, 0.29) is 59.4 Å². The molecule has 52 heavy (non-hydrogen) atoms. The Kier molecular flexibility index (Phi) is 9.53. The molecule has 4 saturated carbocycles. The Bertz CT molecular complexity index is 1650. The number of hydrogen-bond acceptors (Lipinski definition) is 8. The first-order valence-corrected chi connectivity index (χ1v) is 19.6. The summed E-state index contributed by atoms with van der Waals surface area (Å²) in [6.07, 6.45) is 12.7. The van der Waals surface area contributed by atoms with Gasteiger partial charge in [-0.3, -0.25) is 14.4 Å². The van der Waals surface area contributed by atoms with Crippen molar-refractivity contribution in [1.29, 1.82) is 0 Å². The average Bonchev–Trinajstić information content (AvgIpc) is 3.57. The van der Waals surface area contributed by atoms with Crippen molar-refractivity contribution < 1.29 is 33.8 Å². The molecule has 1 aromatic carbocycles. The van der Waals surface area contributed by atoms with Crippen LogP contribution < -0.4 is 10.2 Å². The molecule has 1 saturated heterocycles. The number of allylic oxidation sites excluding steroid dienone is 4. The molecule has 6 aliphatic rings. The zero-order chi connectivity index (χ0) is 37.2. The Labute approximate surface area is 308 Å². The van der Waals surface area contributed by atoms with Crippen molar-refractivity contribution in [2.75, 3.05) is 24.6 Å². The zero-order valence-electron chi connectivity index (χ0n) is 31.9. The Morgan fingerprint density at radius 1 is 1.04 bits per heavy atom. The van der Waals surface area contributed by atoms with Crippen molar-refractivity contribution in [3.8, 4) is 0 Å². The lowest BCUT2D eigenvalue weighted by Crippen LogP contribution is -2.60. The van der Waals surface area contributed by atoms with Gasteiger partial charge in [0.15, 0.2) is 18.2 Å². The molecule has 0 unspecified atom stereocenters. The largest absolute Gasteiger partial charge is 0.458 e. The number of nitrogens with one attached hydrogen (secondary N) is 1. The maximum atomic E-state index is 14.5. The van der Waals surface area contributed by atoms with E-state index in [4.69, 9.17) is 9.47 Å². The monoisotopic (exact) mass is 714 g/mol. The number of ether oxygens (including phenoxy) is 2. The number of Topliss-reactive ketones (excluding diaryl/α,β-unsaturated/α-hetero) is 1. The number of esters is 1. The summed E-state index contributed by atoms with van der Waals surface area (Å²) in [5, 5.41) is 15.1. The molecule has 1 amide bonds. The second-order valence-electron chi connectivity index (χ2n) is 18.4. The molecule has 5 fully saturated rings. The highest BCUT2D eigenvalue weighted by Gasteiger charge is 2.73. The van der Waals surface area contributed by atoms with Crippen LogP contribution in [0.2, 0.25) is 0 Å². The zero-order valence-corrected chi connectivity index (χ0v) is 31.9. The van der Waals surface area contributed by atoms with Crippen LogP contribution in [0.15, 0.2) is 48.1 Å². The quantitative estimate of drug-likeness (QED) is 0.298. The lowest BCUT2D eigenvalue weighted by Gasteiger charge is -2.60. The molecular weight excluding hydrogens is 656 g/mol. The van der Waals surface area contributed by atoms with Crippen LogP contribution in [-0.4, -0.2) is 66.2 Å². The lowest BCUT2D eigenvalue weighted by molar-refractivity contribution is -0.163. The van der Waals surface area contributed by atoms with Gasteiger partial charge in [0.05, 0.1) is 11.5 Å². The lowest BCUT2D eigenvalue weighted by atomic mass is 9.44. The van der Waals surface area contributed by atoms with Crippen molar-refractivity contribution in [3.63, 3.8) is 0 Å². The minimum absolute atomic E-state index is 0.00527. The van der Waals surface area contributed by atoms with E-state index in [1.165, 1.54) is 12.5 Å². The number of fused-ring (bicyclic) bond motifs is 7. The number of rotatable bonds is 7. The van der Waals surface area contributed by atoms with Crippen molar-refractivity contribution in [2.24, 2.45) is 45.8 Å². The van der Waals surface area contributed by atoms with E-state index in [1.54, 1.807) is 12.2 Å². The smallest absolute Gasteiger partial charge is 0.407 e. The Hall–Kier alpha value is -3.46. The van der Waals surface area contributed by atoms with Crippen LogP contribution in [-0.2, 0) is 30.3 Å². The standard InChI is InChI=1S/C43H58N2O7/c1-26(46)51-24-37(49)43-25-45(32-14-9-28(10-15-32)19-27-7-12-31(13-8-27)44-39(50)52-40(2,3)4)23-30(43)21-35-34-16-11-29-20-33(47)17-18-41(29,5)38(34)36(48)22-42(35,43)6/h9-10,14-15,17-18,20,27,30-31,34-36,38,48H,7-8,11-13,16,19,21-25H2,1-6H3,(H,44,50)/t27?,30-,31?,34-,35-,36-,38+,41-,42-,43+/m0/s1. The number of aliphatic hydroxyl groups is 1. The summed E-state index contributed by atoms with van der Waals surface area (Å²) in [6, 6.07) is 8.97. The topological polar surface area (TPSA) is 122 Å². The van der Waals surface area contributed by atoms with Gasteiger partial charge >= 0.3 is 12.1 Å². The van der Waals surface area contributed by atoms with E-state index in [0.29, 0.717) is 18.9 Å². The molecule has 1 heterocycles. The third-order valence-electron chi connectivity index (χ3n) is 14.3. The highest BCUT2D eigenvalue weighted by molar-refractivity contribution is 6.01. The van der Waals surface area contributed by atoms with Gasteiger partial charge in [0.2, 0.25) is 0 Å². The van der Waals surface area contributed by atoms with Crippen LogP contribution >= 0.6 is 0 Å². The summed E-state index contributed by atoms with van der Waals surface area (Å²) in [6.45, 7) is 12.5. The summed E-state index contributed by atoms with van der Waals surface area (Å²) in [7, 11) is 0. The summed E-state index contributed by atoms with van der Waals surface area (Å²) in [5.74, 6) is 0.655. The van der Waals surface area contributed by atoms with Crippen LogP contribution in [0, 0.1) is 45.8 Å². The second-order valence-corrected chi connectivity index (χ2v) is 18.4. The summed E-state index contributed by atoms with van der Waals surface area (Å²) < 4.78 is 10.8. The number of anilines is 1. The molecule has 0 radical (unpaired) electrons. The summed E-state index contributed by atoms with van der Waals surface area (Å²) in [4.78, 5) is 53.4.